The van der Waals surface area contributed by atoms with Crippen LogP contribution < -0.4 is 5.32 Å². The van der Waals surface area contributed by atoms with E-state index in [2.05, 4.69) is 58.7 Å². The van der Waals surface area contributed by atoms with Gasteiger partial charge in [0, 0.05) is 31.2 Å². The van der Waals surface area contributed by atoms with Gasteiger partial charge in [0.05, 0.1) is 6.61 Å². The summed E-state index contributed by atoms with van der Waals surface area (Å²) in [5.41, 5.74) is 0.456. The van der Waals surface area contributed by atoms with Crippen molar-refractivity contribution in [2.45, 2.75) is 85.7 Å². The Kier molecular flexibility index (Phi) is 9.75. The van der Waals surface area contributed by atoms with Gasteiger partial charge in [0.25, 0.3) is 0 Å². The summed E-state index contributed by atoms with van der Waals surface area (Å²) in [6.45, 7) is 19.0. The molecule has 128 valence electrons. The molecule has 0 rings (SSSR count). The van der Waals surface area contributed by atoms with Crippen molar-refractivity contribution in [3.63, 3.8) is 0 Å². The summed E-state index contributed by atoms with van der Waals surface area (Å²) in [7, 11) is 0. The first-order valence-electron chi connectivity index (χ1n) is 8.87. The summed E-state index contributed by atoms with van der Waals surface area (Å²) in [6, 6.07) is 0.587. The van der Waals surface area contributed by atoms with Crippen molar-refractivity contribution in [2.75, 3.05) is 26.2 Å². The molecule has 0 aliphatic carbocycles. The molecule has 0 aromatic carbocycles. The van der Waals surface area contributed by atoms with Gasteiger partial charge in [-0.3, -0.25) is 4.90 Å². The molecule has 3 heteroatoms. The number of hydrogen-bond donors (Lipinski definition) is 2. The second kappa shape index (κ2) is 9.81. The molecule has 0 unspecified atom stereocenters. The highest BCUT2D eigenvalue weighted by atomic mass is 16.3. The molecule has 0 aliphatic heterocycles. The third kappa shape index (κ3) is 7.62. The molecule has 0 heterocycles. The number of nitrogens with zero attached hydrogens (tertiary/aromatic N) is 1. The van der Waals surface area contributed by atoms with E-state index in [0.717, 1.165) is 32.5 Å². The summed E-state index contributed by atoms with van der Waals surface area (Å²) in [5, 5.41) is 13.1. The molecule has 3 nitrogen and oxygen atoms in total. The van der Waals surface area contributed by atoms with E-state index in [-0.39, 0.29) is 12.1 Å². The summed E-state index contributed by atoms with van der Waals surface area (Å²) in [5.74, 6) is 0. The molecule has 0 aromatic rings. The molecule has 0 fully saturated rings. The van der Waals surface area contributed by atoms with Crippen molar-refractivity contribution in [2.24, 2.45) is 5.41 Å². The molecular formula is C18H40N2O. The zero-order valence-corrected chi connectivity index (χ0v) is 15.6. The van der Waals surface area contributed by atoms with E-state index in [4.69, 9.17) is 0 Å². The van der Waals surface area contributed by atoms with Crippen molar-refractivity contribution in [1.29, 1.82) is 0 Å². The molecule has 0 bridgehead atoms. The quantitative estimate of drug-likeness (QED) is 0.611. The maximum atomic E-state index is 9.42. The number of nitrogens with one attached hydrogen (secondary N) is 1. The van der Waals surface area contributed by atoms with Gasteiger partial charge in [-0.15, -0.1) is 0 Å². The van der Waals surface area contributed by atoms with Crippen LogP contribution in [0.5, 0.6) is 0 Å². The van der Waals surface area contributed by atoms with Crippen LogP contribution in [0, 0.1) is 5.41 Å². The van der Waals surface area contributed by atoms with Crippen LogP contribution in [0.15, 0.2) is 0 Å². The highest BCUT2D eigenvalue weighted by Gasteiger charge is 2.31. The summed E-state index contributed by atoms with van der Waals surface area (Å²) >= 11 is 0. The fourth-order valence-electron chi connectivity index (χ4n) is 2.99. The fraction of sp³-hybridized carbons (Fsp3) is 1.00. The van der Waals surface area contributed by atoms with Crippen molar-refractivity contribution in [1.82, 2.24) is 10.2 Å². The second-order valence-corrected chi connectivity index (χ2v) is 7.48. The zero-order chi connectivity index (χ0) is 16.5. The number of rotatable bonds is 11. The van der Waals surface area contributed by atoms with Gasteiger partial charge in [0.1, 0.15) is 0 Å². The largest absolute Gasteiger partial charge is 0.395 e. The lowest BCUT2D eigenvalue weighted by Crippen LogP contribution is -2.51. The van der Waals surface area contributed by atoms with Crippen molar-refractivity contribution < 1.29 is 5.11 Å². The molecule has 2 N–H and O–H groups in total. The van der Waals surface area contributed by atoms with Gasteiger partial charge in [0.2, 0.25) is 0 Å². The van der Waals surface area contributed by atoms with Gasteiger partial charge in [-0.05, 0) is 51.9 Å². The van der Waals surface area contributed by atoms with Gasteiger partial charge in [0.15, 0.2) is 0 Å². The average molecular weight is 301 g/mol. The minimum atomic E-state index is 0.159. The second-order valence-electron chi connectivity index (χ2n) is 7.48. The third-order valence-corrected chi connectivity index (χ3v) is 4.88. The molecule has 0 aliphatic rings. The van der Waals surface area contributed by atoms with Gasteiger partial charge < -0.3 is 10.4 Å². The van der Waals surface area contributed by atoms with E-state index in [0.29, 0.717) is 11.5 Å². The smallest absolute Gasteiger partial charge is 0.0558 e. The molecule has 0 spiro atoms. The van der Waals surface area contributed by atoms with Crippen LogP contribution in [0.3, 0.4) is 0 Å². The highest BCUT2D eigenvalue weighted by Crippen LogP contribution is 2.29. The standard InChI is InChI=1S/C18H40N2O/c1-8-16(9-2)20(12-13-21)15-18(10-3,11-4)14-19-17(5,6)7/h16,19,21H,8-15H2,1-7H3. The van der Waals surface area contributed by atoms with Crippen LogP contribution in [0.25, 0.3) is 0 Å². The zero-order valence-electron chi connectivity index (χ0n) is 15.6. The Bertz CT molecular complexity index is 252. The molecular weight excluding hydrogens is 260 g/mol. The van der Waals surface area contributed by atoms with Crippen LogP contribution in [0.2, 0.25) is 0 Å². The van der Waals surface area contributed by atoms with Crippen LogP contribution in [0.1, 0.15) is 74.1 Å². The maximum absolute atomic E-state index is 9.42. The minimum Gasteiger partial charge on any atom is -0.395 e. The Balaban J connectivity index is 4.97. The van der Waals surface area contributed by atoms with Crippen molar-refractivity contribution >= 4 is 0 Å². The fourth-order valence-corrected chi connectivity index (χ4v) is 2.99. The van der Waals surface area contributed by atoms with E-state index in [1.807, 2.05) is 0 Å². The first kappa shape index (κ1) is 20.9. The predicted octanol–water partition coefficient (Wildman–Crippen LogP) is 3.66. The topological polar surface area (TPSA) is 35.5 Å². The van der Waals surface area contributed by atoms with E-state index < -0.39 is 0 Å². The van der Waals surface area contributed by atoms with Crippen LogP contribution in [0.4, 0.5) is 0 Å². The highest BCUT2D eigenvalue weighted by molar-refractivity contribution is 4.87. The van der Waals surface area contributed by atoms with Crippen LogP contribution in [-0.2, 0) is 0 Å². The van der Waals surface area contributed by atoms with Crippen LogP contribution >= 0.6 is 0 Å². The monoisotopic (exact) mass is 300 g/mol. The van der Waals surface area contributed by atoms with Crippen LogP contribution in [-0.4, -0.2) is 47.8 Å². The molecule has 0 saturated heterocycles. The van der Waals surface area contributed by atoms with E-state index in [1.54, 1.807) is 0 Å². The Morgan fingerprint density at radius 3 is 1.86 bits per heavy atom. The van der Waals surface area contributed by atoms with E-state index in [9.17, 15) is 5.11 Å². The van der Waals surface area contributed by atoms with Gasteiger partial charge >= 0.3 is 0 Å². The third-order valence-electron chi connectivity index (χ3n) is 4.88. The van der Waals surface area contributed by atoms with E-state index in [1.165, 1.54) is 12.8 Å². The number of hydrogen-bond acceptors (Lipinski definition) is 3. The Labute approximate surface area is 133 Å². The van der Waals surface area contributed by atoms with Crippen molar-refractivity contribution in [3.8, 4) is 0 Å². The van der Waals surface area contributed by atoms with E-state index >= 15 is 0 Å². The molecule has 0 amide bonds. The van der Waals surface area contributed by atoms with Crippen molar-refractivity contribution in [3.05, 3.63) is 0 Å². The molecule has 21 heavy (non-hydrogen) atoms. The molecule has 0 saturated carbocycles. The lowest BCUT2D eigenvalue weighted by atomic mass is 9.80. The summed E-state index contributed by atoms with van der Waals surface area (Å²) in [4.78, 5) is 2.51. The molecule has 0 radical (unpaired) electrons. The Morgan fingerprint density at radius 2 is 1.52 bits per heavy atom. The summed E-state index contributed by atoms with van der Waals surface area (Å²) < 4.78 is 0. The van der Waals surface area contributed by atoms with Gasteiger partial charge in [-0.2, -0.15) is 0 Å². The molecule has 0 atom stereocenters. The molecule has 0 aromatic heterocycles. The minimum absolute atomic E-state index is 0.159. The number of aliphatic hydroxyl groups excluding tert-OH is 1. The lowest BCUT2D eigenvalue weighted by Gasteiger charge is -2.42. The Hall–Kier alpha value is -0.120. The maximum Gasteiger partial charge on any atom is 0.0558 e. The van der Waals surface area contributed by atoms with Gasteiger partial charge in [-0.1, -0.05) is 27.7 Å². The SMILES string of the molecule is CCC(CC)N(CCO)CC(CC)(CC)CNC(C)(C)C. The first-order valence-corrected chi connectivity index (χ1v) is 8.87. The normalized spacial score (nSPS) is 13.4. The first-order chi connectivity index (χ1) is 9.77. The Morgan fingerprint density at radius 1 is 1.00 bits per heavy atom. The lowest BCUT2D eigenvalue weighted by molar-refractivity contribution is 0.0720. The average Bonchev–Trinajstić information content (AvgIpc) is 2.44. The van der Waals surface area contributed by atoms with Gasteiger partial charge in [-0.25, -0.2) is 0 Å². The predicted molar refractivity (Wildman–Crippen MR) is 93.8 cm³/mol. The summed E-state index contributed by atoms with van der Waals surface area (Å²) in [6.07, 6.45) is 4.67. The number of aliphatic hydroxyl groups is 1.